The molecule has 0 heterocycles. The van der Waals surface area contributed by atoms with Crippen molar-refractivity contribution in [2.45, 2.75) is 18.9 Å². The molecule has 0 fully saturated rings. The SMILES string of the molecule is N[C@@H](C[C@H](Cc1ccc(OCF)cc1)C(=O)O)C(=O)O. The molecule has 4 N–H and O–H groups in total. The molecular formula is C13H16FNO5. The Kier molecular flexibility index (Phi) is 5.92. The van der Waals surface area contributed by atoms with Gasteiger partial charge in [0.2, 0.25) is 6.86 Å². The van der Waals surface area contributed by atoms with Crippen molar-refractivity contribution in [2.24, 2.45) is 11.7 Å². The lowest BCUT2D eigenvalue weighted by Gasteiger charge is -2.15. The van der Waals surface area contributed by atoms with Crippen LogP contribution in [0.15, 0.2) is 24.3 Å². The molecule has 0 amide bonds. The Morgan fingerprint density at radius 3 is 2.25 bits per heavy atom. The summed E-state index contributed by atoms with van der Waals surface area (Å²) in [6.45, 7) is -0.940. The predicted octanol–water partition coefficient (Wildman–Crippen LogP) is 1.04. The highest BCUT2D eigenvalue weighted by Crippen LogP contribution is 2.18. The number of alkyl halides is 1. The molecule has 1 aromatic carbocycles. The summed E-state index contributed by atoms with van der Waals surface area (Å²) in [5, 5.41) is 17.8. The van der Waals surface area contributed by atoms with Crippen LogP contribution in [0.3, 0.4) is 0 Å². The molecule has 0 bridgehead atoms. The molecule has 7 heteroatoms. The minimum absolute atomic E-state index is 0.145. The van der Waals surface area contributed by atoms with E-state index < -0.39 is 30.8 Å². The maximum atomic E-state index is 11.9. The number of rotatable bonds is 8. The summed E-state index contributed by atoms with van der Waals surface area (Å²) in [5.41, 5.74) is 6.03. The Balaban J connectivity index is 2.70. The molecule has 0 spiro atoms. The largest absolute Gasteiger partial charge is 0.481 e. The van der Waals surface area contributed by atoms with Crippen molar-refractivity contribution in [3.8, 4) is 5.75 Å². The van der Waals surface area contributed by atoms with Crippen LogP contribution in [0.2, 0.25) is 0 Å². The summed E-state index contributed by atoms with van der Waals surface area (Å²) in [7, 11) is 0. The van der Waals surface area contributed by atoms with Gasteiger partial charge in [0, 0.05) is 0 Å². The van der Waals surface area contributed by atoms with Gasteiger partial charge in [-0.15, -0.1) is 0 Å². The predicted molar refractivity (Wildman–Crippen MR) is 68.1 cm³/mol. The highest BCUT2D eigenvalue weighted by atomic mass is 19.1. The molecule has 20 heavy (non-hydrogen) atoms. The van der Waals surface area contributed by atoms with Crippen LogP contribution in [0.5, 0.6) is 5.75 Å². The molecule has 1 aromatic rings. The smallest absolute Gasteiger partial charge is 0.320 e. The fourth-order valence-electron chi connectivity index (χ4n) is 1.75. The van der Waals surface area contributed by atoms with Crippen LogP contribution in [0.1, 0.15) is 12.0 Å². The number of hydrogen-bond acceptors (Lipinski definition) is 4. The van der Waals surface area contributed by atoms with Crippen molar-refractivity contribution >= 4 is 11.9 Å². The van der Waals surface area contributed by atoms with Gasteiger partial charge >= 0.3 is 11.9 Å². The number of carboxylic acid groups (broad SMARTS) is 2. The molecular weight excluding hydrogens is 269 g/mol. The summed E-state index contributed by atoms with van der Waals surface area (Å²) in [4.78, 5) is 21.8. The molecule has 6 nitrogen and oxygen atoms in total. The second kappa shape index (κ2) is 7.44. The Morgan fingerprint density at radius 2 is 1.80 bits per heavy atom. The second-order valence-corrected chi connectivity index (χ2v) is 4.32. The third kappa shape index (κ3) is 4.85. The minimum Gasteiger partial charge on any atom is -0.481 e. The number of hydrogen-bond donors (Lipinski definition) is 3. The lowest BCUT2D eigenvalue weighted by atomic mass is 9.93. The Labute approximate surface area is 115 Å². The number of benzene rings is 1. The lowest BCUT2D eigenvalue weighted by molar-refractivity contribution is -0.143. The molecule has 0 unspecified atom stereocenters. The summed E-state index contributed by atoms with van der Waals surface area (Å²) in [6.07, 6.45) is -0.0143. The molecule has 0 aromatic heterocycles. The van der Waals surface area contributed by atoms with Gasteiger partial charge in [-0.2, -0.15) is 0 Å². The van der Waals surface area contributed by atoms with Gasteiger partial charge in [-0.1, -0.05) is 12.1 Å². The van der Waals surface area contributed by atoms with Gasteiger partial charge in [-0.25, -0.2) is 4.39 Å². The number of aliphatic carboxylic acids is 2. The van der Waals surface area contributed by atoms with E-state index in [1.807, 2.05) is 0 Å². The zero-order valence-corrected chi connectivity index (χ0v) is 10.7. The van der Waals surface area contributed by atoms with Crippen molar-refractivity contribution in [2.75, 3.05) is 6.86 Å². The van der Waals surface area contributed by atoms with E-state index in [1.165, 1.54) is 12.1 Å². The summed E-state index contributed by atoms with van der Waals surface area (Å²) < 4.78 is 16.6. The van der Waals surface area contributed by atoms with Crippen LogP contribution in [-0.4, -0.2) is 35.1 Å². The van der Waals surface area contributed by atoms with Gasteiger partial charge in [0.1, 0.15) is 11.8 Å². The van der Waals surface area contributed by atoms with Crippen LogP contribution >= 0.6 is 0 Å². The molecule has 0 aliphatic heterocycles. The molecule has 1 rings (SSSR count). The van der Waals surface area contributed by atoms with E-state index in [0.29, 0.717) is 11.3 Å². The van der Waals surface area contributed by atoms with Crippen molar-refractivity contribution in [3.05, 3.63) is 29.8 Å². The number of carboxylic acids is 2. The first kappa shape index (κ1) is 15.9. The fourth-order valence-corrected chi connectivity index (χ4v) is 1.75. The second-order valence-electron chi connectivity index (χ2n) is 4.32. The number of carbonyl (C=O) groups is 2. The zero-order chi connectivity index (χ0) is 15.1. The van der Waals surface area contributed by atoms with Gasteiger partial charge in [0.25, 0.3) is 0 Å². The average Bonchev–Trinajstić information content (AvgIpc) is 2.40. The first-order valence-electron chi connectivity index (χ1n) is 5.93. The Bertz CT molecular complexity index is 462. The molecule has 2 atom stereocenters. The van der Waals surface area contributed by atoms with Gasteiger partial charge in [0.15, 0.2) is 0 Å². The molecule has 110 valence electrons. The van der Waals surface area contributed by atoms with E-state index in [9.17, 15) is 14.0 Å². The first-order chi connectivity index (χ1) is 9.43. The maximum Gasteiger partial charge on any atom is 0.320 e. The molecule has 0 aliphatic rings. The average molecular weight is 285 g/mol. The van der Waals surface area contributed by atoms with E-state index in [2.05, 4.69) is 4.74 Å². The Morgan fingerprint density at radius 1 is 1.20 bits per heavy atom. The van der Waals surface area contributed by atoms with Gasteiger partial charge in [0.05, 0.1) is 5.92 Å². The van der Waals surface area contributed by atoms with Crippen molar-refractivity contribution in [1.82, 2.24) is 0 Å². The van der Waals surface area contributed by atoms with Crippen LogP contribution in [0.4, 0.5) is 4.39 Å². The van der Waals surface area contributed by atoms with E-state index >= 15 is 0 Å². The fraction of sp³-hybridized carbons (Fsp3) is 0.385. The monoisotopic (exact) mass is 285 g/mol. The van der Waals surface area contributed by atoms with Crippen molar-refractivity contribution in [1.29, 1.82) is 0 Å². The third-order valence-corrected chi connectivity index (χ3v) is 2.83. The number of ether oxygens (including phenoxy) is 1. The molecule has 0 radical (unpaired) electrons. The van der Waals surface area contributed by atoms with Gasteiger partial charge in [-0.05, 0) is 30.5 Å². The van der Waals surface area contributed by atoms with Crippen LogP contribution in [-0.2, 0) is 16.0 Å². The quantitative estimate of drug-likeness (QED) is 0.658. The molecule has 0 saturated heterocycles. The van der Waals surface area contributed by atoms with E-state index in [0.717, 1.165) is 0 Å². The minimum atomic E-state index is -1.23. The van der Waals surface area contributed by atoms with E-state index in [4.69, 9.17) is 15.9 Å². The standard InChI is InChI=1S/C13H16FNO5/c14-7-20-10-3-1-8(2-4-10)5-9(12(16)17)6-11(15)13(18)19/h1-4,9,11H,5-7,15H2,(H,16,17)(H,18,19)/t9-,11-/m0/s1. The summed E-state index contributed by atoms with van der Waals surface area (Å²) >= 11 is 0. The zero-order valence-electron chi connectivity index (χ0n) is 10.7. The molecule has 0 aliphatic carbocycles. The summed E-state index contributed by atoms with van der Waals surface area (Å²) in [5.74, 6) is -2.90. The first-order valence-corrected chi connectivity index (χ1v) is 5.93. The van der Waals surface area contributed by atoms with E-state index in [1.54, 1.807) is 12.1 Å². The van der Waals surface area contributed by atoms with E-state index in [-0.39, 0.29) is 12.8 Å². The lowest BCUT2D eigenvalue weighted by Crippen LogP contribution is -2.35. The van der Waals surface area contributed by atoms with Crippen LogP contribution in [0.25, 0.3) is 0 Å². The normalized spacial score (nSPS) is 13.5. The van der Waals surface area contributed by atoms with Crippen LogP contribution in [0, 0.1) is 5.92 Å². The van der Waals surface area contributed by atoms with Crippen molar-refractivity contribution in [3.63, 3.8) is 0 Å². The van der Waals surface area contributed by atoms with Crippen LogP contribution < -0.4 is 10.5 Å². The number of nitrogens with two attached hydrogens (primary N) is 1. The molecule has 0 saturated carbocycles. The van der Waals surface area contributed by atoms with Crippen molar-refractivity contribution < 1.29 is 28.9 Å². The summed E-state index contributed by atoms with van der Waals surface area (Å²) in [6, 6.07) is 5.03. The number of halogens is 1. The van der Waals surface area contributed by atoms with Gasteiger partial charge < -0.3 is 20.7 Å². The topological polar surface area (TPSA) is 110 Å². The maximum absolute atomic E-state index is 11.9. The highest BCUT2D eigenvalue weighted by molar-refractivity contribution is 5.76. The van der Waals surface area contributed by atoms with Gasteiger partial charge in [-0.3, -0.25) is 9.59 Å². The highest BCUT2D eigenvalue weighted by Gasteiger charge is 2.24. The third-order valence-electron chi connectivity index (χ3n) is 2.83. The Hall–Kier alpha value is -2.15.